The van der Waals surface area contributed by atoms with E-state index in [1.165, 1.54) is 24.3 Å². The molecule has 0 aromatic heterocycles. The Labute approximate surface area is 149 Å². The molecule has 0 aromatic rings. The van der Waals surface area contributed by atoms with Gasteiger partial charge in [0.05, 0.1) is 0 Å². The molecule has 6 nitrogen and oxygen atoms in total. The Hall–Kier alpha value is 0.137. The number of imide groups is 2. The van der Waals surface area contributed by atoms with Crippen molar-refractivity contribution >= 4 is 75.0 Å². The summed E-state index contributed by atoms with van der Waals surface area (Å²) in [4.78, 5) is 40.1. The molecule has 8 heteroatoms. The van der Waals surface area contributed by atoms with Gasteiger partial charge in [0.2, 0.25) is 0 Å². The van der Waals surface area contributed by atoms with E-state index in [2.05, 4.69) is 0 Å². The van der Waals surface area contributed by atoms with Gasteiger partial charge in [0.25, 0.3) is 23.6 Å². The second kappa shape index (κ2) is 9.20. The van der Waals surface area contributed by atoms with Crippen LogP contribution in [0.2, 0.25) is 0 Å². The normalized spacial score (nSPS) is 15.5. The van der Waals surface area contributed by atoms with Crippen LogP contribution in [0.4, 0.5) is 0 Å². The van der Waals surface area contributed by atoms with Gasteiger partial charge in [0, 0.05) is 98.1 Å². The van der Waals surface area contributed by atoms with Gasteiger partial charge in [-0.3, -0.25) is 29.8 Å². The Kier molecular flexibility index (Phi) is 10.6. The Morgan fingerprint density at radius 1 is 0.625 bits per heavy atom. The zero-order chi connectivity index (χ0) is 10.6. The number of hydrogen-bond donors (Lipinski definition) is 2. The molecule has 2 aliphatic rings. The van der Waals surface area contributed by atoms with Gasteiger partial charge in [-0.15, -0.1) is 0 Å². The number of carbonyl (C=O) groups is 4. The van der Waals surface area contributed by atoms with E-state index in [0.29, 0.717) is 0 Å². The van der Waals surface area contributed by atoms with E-state index in [1.807, 2.05) is 10.6 Å². The fourth-order valence-electron chi connectivity index (χ4n) is 0.712. The Morgan fingerprint density at radius 3 is 0.875 bits per heavy atom. The van der Waals surface area contributed by atoms with Crippen LogP contribution in [0.3, 0.4) is 0 Å². The topological polar surface area (TPSA) is 92.3 Å². The molecule has 2 heterocycles. The van der Waals surface area contributed by atoms with Crippen molar-refractivity contribution in [3.05, 3.63) is 24.3 Å². The predicted molar refractivity (Wildman–Crippen MR) is 50.3 cm³/mol. The molecular formula is C8H6AgKN2O4. The first kappa shape index (κ1) is 18.5. The fourth-order valence-corrected chi connectivity index (χ4v) is 0.712. The van der Waals surface area contributed by atoms with Crippen molar-refractivity contribution in [2.24, 2.45) is 0 Å². The number of amides is 4. The average Bonchev–Trinajstić information content (AvgIpc) is 2.63. The molecule has 2 N–H and O–H groups in total. The maximum Gasteiger partial charge on any atom is 0.250 e. The van der Waals surface area contributed by atoms with Crippen LogP contribution in [0.25, 0.3) is 0 Å². The minimum Gasteiger partial charge on any atom is -0.289 e. The molecule has 0 atom stereocenters. The monoisotopic (exact) mass is 340 g/mol. The Bertz CT molecular complexity index is 310. The molecule has 2 aliphatic heterocycles. The second-order valence-electron chi connectivity index (χ2n) is 2.37. The molecule has 0 aliphatic carbocycles. The SMILES string of the molecule is O=C1C=CC(=O)N1.O=C1C=CC(=O)N1.[Ag].[K]. The van der Waals surface area contributed by atoms with E-state index in [9.17, 15) is 19.2 Å². The van der Waals surface area contributed by atoms with Gasteiger partial charge in [-0.2, -0.15) is 0 Å². The van der Waals surface area contributed by atoms with Gasteiger partial charge in [0.15, 0.2) is 0 Å². The zero-order valence-electron chi connectivity index (χ0n) is 8.24. The summed E-state index contributed by atoms with van der Waals surface area (Å²) in [6.07, 6.45) is 4.79. The number of carbonyl (C=O) groups excluding carboxylic acids is 4. The van der Waals surface area contributed by atoms with Gasteiger partial charge in [-0.25, -0.2) is 0 Å². The van der Waals surface area contributed by atoms with Gasteiger partial charge in [0.1, 0.15) is 0 Å². The van der Waals surface area contributed by atoms with Crippen molar-refractivity contribution in [3.63, 3.8) is 0 Å². The molecule has 2 radical (unpaired) electrons. The van der Waals surface area contributed by atoms with Crippen LogP contribution < -0.4 is 10.6 Å². The van der Waals surface area contributed by atoms with Crippen LogP contribution in [0.1, 0.15) is 0 Å². The van der Waals surface area contributed by atoms with E-state index in [1.54, 1.807) is 0 Å². The third-order valence-corrected chi connectivity index (χ3v) is 1.26. The van der Waals surface area contributed by atoms with Crippen LogP contribution in [0.15, 0.2) is 24.3 Å². The summed E-state index contributed by atoms with van der Waals surface area (Å²) in [6, 6.07) is 0. The van der Waals surface area contributed by atoms with Crippen LogP contribution in [0.5, 0.6) is 0 Å². The molecule has 2 rings (SSSR count). The molecule has 0 aromatic carbocycles. The molecule has 0 saturated carbocycles. The third kappa shape index (κ3) is 7.42. The molecule has 84 valence electrons. The van der Waals surface area contributed by atoms with Crippen LogP contribution in [-0.4, -0.2) is 75.0 Å². The summed E-state index contributed by atoms with van der Waals surface area (Å²) in [7, 11) is 0. The van der Waals surface area contributed by atoms with Crippen LogP contribution in [0, 0.1) is 0 Å². The van der Waals surface area contributed by atoms with E-state index >= 15 is 0 Å². The molecule has 0 saturated heterocycles. The zero-order valence-corrected chi connectivity index (χ0v) is 12.8. The Balaban J connectivity index is 0. The molecular weight excluding hydrogens is 335 g/mol. The second-order valence-corrected chi connectivity index (χ2v) is 2.37. The van der Waals surface area contributed by atoms with Crippen molar-refractivity contribution < 1.29 is 41.6 Å². The summed E-state index contributed by atoms with van der Waals surface area (Å²) in [6.45, 7) is 0. The summed E-state index contributed by atoms with van der Waals surface area (Å²) in [5.41, 5.74) is 0. The molecule has 0 spiro atoms. The molecule has 0 bridgehead atoms. The van der Waals surface area contributed by atoms with Crippen molar-refractivity contribution in [2.75, 3.05) is 0 Å². The summed E-state index contributed by atoms with van der Waals surface area (Å²) in [5.74, 6) is -1.31. The molecule has 0 fully saturated rings. The first-order valence-electron chi connectivity index (χ1n) is 3.64. The minimum absolute atomic E-state index is 0. The largest absolute Gasteiger partial charge is 0.289 e. The van der Waals surface area contributed by atoms with Crippen molar-refractivity contribution in [1.29, 1.82) is 0 Å². The van der Waals surface area contributed by atoms with Gasteiger partial charge in [-0.1, -0.05) is 0 Å². The summed E-state index contributed by atoms with van der Waals surface area (Å²) in [5, 5.41) is 4.06. The van der Waals surface area contributed by atoms with Crippen molar-refractivity contribution in [1.82, 2.24) is 10.6 Å². The number of nitrogens with one attached hydrogen (secondary N) is 2. The van der Waals surface area contributed by atoms with E-state index in [-0.39, 0.29) is 97.4 Å². The van der Waals surface area contributed by atoms with Crippen molar-refractivity contribution in [3.8, 4) is 0 Å². The van der Waals surface area contributed by atoms with E-state index < -0.39 is 0 Å². The average molecular weight is 341 g/mol. The molecule has 0 unspecified atom stereocenters. The maximum absolute atomic E-state index is 10.0. The number of hydrogen-bond acceptors (Lipinski definition) is 4. The predicted octanol–water partition coefficient (Wildman–Crippen LogP) is -1.99. The maximum atomic E-state index is 10.0. The molecule has 4 amide bonds. The van der Waals surface area contributed by atoms with Crippen molar-refractivity contribution in [2.45, 2.75) is 0 Å². The van der Waals surface area contributed by atoms with Gasteiger partial charge < -0.3 is 0 Å². The standard InChI is InChI=1S/2C4H3NO2.Ag.K/c2*6-3-1-2-4(7)5-3;;/h2*1-2H,(H,5,6,7);;. The molecule has 16 heavy (non-hydrogen) atoms. The van der Waals surface area contributed by atoms with E-state index in [4.69, 9.17) is 0 Å². The first-order chi connectivity index (χ1) is 6.58. The van der Waals surface area contributed by atoms with Crippen LogP contribution in [-0.2, 0) is 41.6 Å². The van der Waals surface area contributed by atoms with Crippen LogP contribution >= 0.6 is 0 Å². The minimum atomic E-state index is -0.329. The smallest absolute Gasteiger partial charge is 0.250 e. The fraction of sp³-hybridized carbons (Fsp3) is 0. The van der Waals surface area contributed by atoms with E-state index in [0.717, 1.165) is 0 Å². The summed E-state index contributed by atoms with van der Waals surface area (Å²) >= 11 is 0. The number of rotatable bonds is 0. The van der Waals surface area contributed by atoms with Gasteiger partial charge in [-0.05, 0) is 0 Å². The summed E-state index contributed by atoms with van der Waals surface area (Å²) < 4.78 is 0. The van der Waals surface area contributed by atoms with Gasteiger partial charge >= 0.3 is 0 Å². The third-order valence-electron chi connectivity index (χ3n) is 1.26. The quantitative estimate of drug-likeness (QED) is 0.394. The Morgan fingerprint density at radius 2 is 0.812 bits per heavy atom. The first-order valence-corrected chi connectivity index (χ1v) is 3.64.